The fourth-order valence-electron chi connectivity index (χ4n) is 1.51. The molecule has 0 unspecified atom stereocenters. The predicted octanol–water partition coefficient (Wildman–Crippen LogP) is 3.28. The van der Waals surface area contributed by atoms with Gasteiger partial charge in [0.05, 0.1) is 0 Å². The number of halogens is 1. The zero-order chi connectivity index (χ0) is 10.6. The quantitative estimate of drug-likeness (QED) is 0.754. The van der Waals surface area contributed by atoms with Crippen LogP contribution in [0, 0.1) is 0 Å². The first-order chi connectivity index (χ1) is 6.65. The molecule has 1 nitrogen and oxygen atoms in total. The van der Waals surface area contributed by atoms with Gasteiger partial charge in [-0.05, 0) is 30.0 Å². The minimum atomic E-state index is 0.221. The number of hydrogen-bond acceptors (Lipinski definition) is 1. The lowest BCUT2D eigenvalue weighted by atomic mass is 10.0. The molecule has 14 heavy (non-hydrogen) atoms. The van der Waals surface area contributed by atoms with Crippen molar-refractivity contribution in [2.45, 2.75) is 32.0 Å². The summed E-state index contributed by atoms with van der Waals surface area (Å²) >= 11 is 3.44. The Labute approximate surface area is 93.7 Å². The van der Waals surface area contributed by atoms with Crippen LogP contribution in [0.15, 0.2) is 18.2 Å². The molecule has 0 aliphatic carbocycles. The summed E-state index contributed by atoms with van der Waals surface area (Å²) in [5, 5.41) is 0.853. The molecule has 0 bridgehead atoms. The van der Waals surface area contributed by atoms with Crippen LogP contribution in [-0.4, -0.2) is 5.78 Å². The van der Waals surface area contributed by atoms with Crippen molar-refractivity contribution in [2.24, 2.45) is 0 Å². The number of benzene rings is 1. The standard InChI is InChI=1S/C12H15BrO/c1-3-10-5-11(4-9(2)14)7-12(6-10)8-13/h5-7H,3-4,8H2,1-2H3. The molecule has 0 fully saturated rings. The highest BCUT2D eigenvalue weighted by molar-refractivity contribution is 9.08. The Hall–Kier alpha value is -0.630. The van der Waals surface area contributed by atoms with E-state index in [1.165, 1.54) is 11.1 Å². The van der Waals surface area contributed by atoms with Gasteiger partial charge >= 0.3 is 0 Å². The lowest BCUT2D eigenvalue weighted by Crippen LogP contribution is -1.98. The zero-order valence-corrected chi connectivity index (χ0v) is 10.2. The van der Waals surface area contributed by atoms with Gasteiger partial charge in [0.15, 0.2) is 0 Å². The molecule has 0 radical (unpaired) electrons. The number of rotatable bonds is 4. The summed E-state index contributed by atoms with van der Waals surface area (Å²) in [4.78, 5) is 11.0. The maximum Gasteiger partial charge on any atom is 0.134 e. The van der Waals surface area contributed by atoms with Crippen molar-refractivity contribution in [2.75, 3.05) is 0 Å². The van der Waals surface area contributed by atoms with Crippen molar-refractivity contribution in [3.8, 4) is 0 Å². The normalized spacial score (nSPS) is 10.2. The van der Waals surface area contributed by atoms with Gasteiger partial charge in [-0.25, -0.2) is 0 Å². The highest BCUT2D eigenvalue weighted by atomic mass is 79.9. The summed E-state index contributed by atoms with van der Waals surface area (Å²) < 4.78 is 0. The summed E-state index contributed by atoms with van der Waals surface area (Å²) in [6.45, 7) is 3.76. The molecule has 0 atom stereocenters. The molecule has 0 aliphatic heterocycles. The molecule has 1 rings (SSSR count). The maximum absolute atomic E-state index is 11.0. The molecule has 0 saturated heterocycles. The van der Waals surface area contributed by atoms with E-state index in [0.717, 1.165) is 17.3 Å². The van der Waals surface area contributed by atoms with E-state index in [2.05, 4.69) is 41.1 Å². The number of alkyl halides is 1. The third kappa shape index (κ3) is 3.26. The third-order valence-electron chi connectivity index (χ3n) is 2.13. The smallest absolute Gasteiger partial charge is 0.134 e. The van der Waals surface area contributed by atoms with Crippen LogP contribution in [-0.2, 0) is 23.0 Å². The molecule has 1 aromatic carbocycles. The van der Waals surface area contributed by atoms with E-state index < -0.39 is 0 Å². The SMILES string of the molecule is CCc1cc(CBr)cc(CC(C)=O)c1. The first kappa shape index (κ1) is 11.4. The van der Waals surface area contributed by atoms with E-state index in [-0.39, 0.29) is 5.78 Å². The van der Waals surface area contributed by atoms with Gasteiger partial charge in [-0.1, -0.05) is 41.1 Å². The predicted molar refractivity (Wildman–Crippen MR) is 62.8 cm³/mol. The molecule has 1 aromatic rings. The van der Waals surface area contributed by atoms with E-state index in [0.29, 0.717) is 6.42 Å². The van der Waals surface area contributed by atoms with Gasteiger partial charge in [0.25, 0.3) is 0 Å². The highest BCUT2D eigenvalue weighted by Gasteiger charge is 2.01. The maximum atomic E-state index is 11.0. The Kier molecular flexibility index (Phi) is 4.33. The molecule has 0 saturated carbocycles. The monoisotopic (exact) mass is 254 g/mol. The van der Waals surface area contributed by atoms with Crippen molar-refractivity contribution in [1.82, 2.24) is 0 Å². The Balaban J connectivity index is 2.98. The van der Waals surface area contributed by atoms with Gasteiger partial charge < -0.3 is 0 Å². The molecule has 0 heterocycles. The second-order valence-corrected chi connectivity index (χ2v) is 4.08. The van der Waals surface area contributed by atoms with Crippen LogP contribution in [0.3, 0.4) is 0 Å². The van der Waals surface area contributed by atoms with Crippen molar-refractivity contribution < 1.29 is 4.79 Å². The third-order valence-corrected chi connectivity index (χ3v) is 2.78. The largest absolute Gasteiger partial charge is 0.300 e. The summed E-state index contributed by atoms with van der Waals surface area (Å²) in [6.07, 6.45) is 1.57. The van der Waals surface area contributed by atoms with Crippen molar-refractivity contribution in [3.05, 3.63) is 34.9 Å². The molecular formula is C12H15BrO. The Morgan fingerprint density at radius 2 is 1.79 bits per heavy atom. The van der Waals surface area contributed by atoms with Crippen LogP contribution in [0.4, 0.5) is 0 Å². The lowest BCUT2D eigenvalue weighted by Gasteiger charge is -2.05. The average molecular weight is 255 g/mol. The molecule has 2 heteroatoms. The minimum absolute atomic E-state index is 0.221. The van der Waals surface area contributed by atoms with Crippen molar-refractivity contribution >= 4 is 21.7 Å². The van der Waals surface area contributed by atoms with Gasteiger partial charge in [-0.3, -0.25) is 4.79 Å². The van der Waals surface area contributed by atoms with E-state index in [1.807, 2.05) is 0 Å². The van der Waals surface area contributed by atoms with E-state index in [9.17, 15) is 4.79 Å². The average Bonchev–Trinajstić information content (AvgIpc) is 2.16. The Morgan fingerprint density at radius 1 is 1.21 bits per heavy atom. The summed E-state index contributed by atoms with van der Waals surface area (Å²) in [7, 11) is 0. The van der Waals surface area contributed by atoms with E-state index in [1.54, 1.807) is 6.92 Å². The molecule has 0 aliphatic rings. The first-order valence-corrected chi connectivity index (χ1v) is 5.95. The number of carbonyl (C=O) groups is 1. The van der Waals surface area contributed by atoms with Gasteiger partial charge in [0.1, 0.15) is 5.78 Å². The Bertz CT molecular complexity index is 309. The number of ketones is 1. The van der Waals surface area contributed by atoms with Crippen LogP contribution in [0.2, 0.25) is 0 Å². The Morgan fingerprint density at radius 3 is 2.29 bits per heavy atom. The van der Waals surface area contributed by atoms with E-state index in [4.69, 9.17) is 0 Å². The van der Waals surface area contributed by atoms with Crippen molar-refractivity contribution in [1.29, 1.82) is 0 Å². The van der Waals surface area contributed by atoms with Gasteiger partial charge in [-0.15, -0.1) is 0 Å². The zero-order valence-electron chi connectivity index (χ0n) is 8.64. The number of hydrogen-bond donors (Lipinski definition) is 0. The fourth-order valence-corrected chi connectivity index (χ4v) is 1.83. The summed E-state index contributed by atoms with van der Waals surface area (Å²) in [6, 6.07) is 6.39. The molecule has 0 N–H and O–H groups in total. The highest BCUT2D eigenvalue weighted by Crippen LogP contribution is 2.14. The van der Waals surface area contributed by atoms with Crippen LogP contribution in [0.25, 0.3) is 0 Å². The molecule has 76 valence electrons. The molecular weight excluding hydrogens is 240 g/mol. The number of Topliss-reactive ketones (excluding diaryl/α,β-unsaturated/α-hetero) is 1. The topological polar surface area (TPSA) is 17.1 Å². The van der Waals surface area contributed by atoms with E-state index >= 15 is 0 Å². The number of aryl methyl sites for hydroxylation is 1. The van der Waals surface area contributed by atoms with Crippen LogP contribution in [0.5, 0.6) is 0 Å². The summed E-state index contributed by atoms with van der Waals surface area (Å²) in [5.74, 6) is 0.221. The lowest BCUT2D eigenvalue weighted by molar-refractivity contribution is -0.116. The molecule has 0 amide bonds. The van der Waals surface area contributed by atoms with Crippen molar-refractivity contribution in [3.63, 3.8) is 0 Å². The van der Waals surface area contributed by atoms with Crippen LogP contribution >= 0.6 is 15.9 Å². The second-order valence-electron chi connectivity index (χ2n) is 3.52. The van der Waals surface area contributed by atoms with Gasteiger partial charge in [-0.2, -0.15) is 0 Å². The molecule has 0 aromatic heterocycles. The first-order valence-electron chi connectivity index (χ1n) is 4.82. The van der Waals surface area contributed by atoms with Gasteiger partial charge in [0, 0.05) is 11.8 Å². The summed E-state index contributed by atoms with van der Waals surface area (Å²) in [5.41, 5.74) is 3.69. The van der Waals surface area contributed by atoms with Gasteiger partial charge in [0.2, 0.25) is 0 Å². The molecule has 0 spiro atoms. The minimum Gasteiger partial charge on any atom is -0.300 e. The fraction of sp³-hybridized carbons (Fsp3) is 0.417. The van der Waals surface area contributed by atoms with Crippen LogP contribution in [0.1, 0.15) is 30.5 Å². The number of carbonyl (C=O) groups excluding carboxylic acids is 1. The van der Waals surface area contributed by atoms with Crippen LogP contribution < -0.4 is 0 Å². The second kappa shape index (κ2) is 5.30.